The Morgan fingerprint density at radius 3 is 1.81 bits per heavy atom. The summed E-state index contributed by atoms with van der Waals surface area (Å²) in [4.78, 5) is 1.19. The zero-order valence-corrected chi connectivity index (χ0v) is 16.0. The van der Waals surface area contributed by atoms with Gasteiger partial charge in [0.2, 0.25) is 0 Å². The van der Waals surface area contributed by atoms with Gasteiger partial charge in [-0.15, -0.1) is 0 Å². The van der Waals surface area contributed by atoms with Gasteiger partial charge in [0.15, 0.2) is 0 Å². The van der Waals surface area contributed by atoms with Gasteiger partial charge in [-0.3, -0.25) is 0 Å². The van der Waals surface area contributed by atoms with E-state index in [2.05, 4.69) is 6.92 Å². The summed E-state index contributed by atoms with van der Waals surface area (Å²) < 4.78 is 17.8. The highest BCUT2D eigenvalue weighted by Gasteiger charge is 2.40. The minimum atomic E-state index is -2.44. The summed E-state index contributed by atoms with van der Waals surface area (Å²) in [7, 11) is -2.44. The summed E-state index contributed by atoms with van der Waals surface area (Å²) in [6, 6.07) is 0.953. The monoisotopic (exact) mass is 332 g/mol. The van der Waals surface area contributed by atoms with Crippen molar-refractivity contribution in [1.29, 1.82) is 0 Å². The van der Waals surface area contributed by atoms with Crippen LogP contribution in [0.3, 0.4) is 0 Å². The number of hydrogen-bond acceptors (Lipinski definition) is 4. The van der Waals surface area contributed by atoms with Gasteiger partial charge in [0.1, 0.15) is 0 Å². The second kappa shape index (κ2) is 10.1. The number of thiocarbonyl (C=S) groups is 1. The molecule has 0 aromatic carbocycles. The van der Waals surface area contributed by atoms with Crippen molar-refractivity contribution in [2.75, 3.05) is 19.8 Å². The first-order valence-electron chi connectivity index (χ1n) is 8.49. The molecule has 5 heteroatoms. The van der Waals surface area contributed by atoms with Gasteiger partial charge in [0, 0.05) is 25.9 Å². The van der Waals surface area contributed by atoms with Crippen LogP contribution in [-0.2, 0) is 13.3 Å². The summed E-state index contributed by atoms with van der Waals surface area (Å²) in [5.74, 6) is 1.45. The van der Waals surface area contributed by atoms with E-state index >= 15 is 0 Å². The fraction of sp³-hybridized carbons (Fsp3) is 0.938. The molecule has 1 fully saturated rings. The van der Waals surface area contributed by atoms with Crippen molar-refractivity contribution in [3.8, 4) is 0 Å². The summed E-state index contributed by atoms with van der Waals surface area (Å²) in [6.45, 7) is 10.2. The Morgan fingerprint density at radius 2 is 1.43 bits per heavy atom. The molecule has 0 amide bonds. The zero-order valence-electron chi connectivity index (χ0n) is 14.2. The molecule has 0 aliphatic heterocycles. The Kier molecular flexibility index (Phi) is 9.21. The Labute approximate surface area is 137 Å². The molecule has 0 heterocycles. The molecule has 21 heavy (non-hydrogen) atoms. The zero-order chi connectivity index (χ0) is 15.7. The number of rotatable bonds is 10. The molecule has 0 bridgehead atoms. The summed E-state index contributed by atoms with van der Waals surface area (Å²) in [5, 5.41) is 0. The van der Waals surface area contributed by atoms with Crippen molar-refractivity contribution in [3.63, 3.8) is 0 Å². The van der Waals surface area contributed by atoms with Crippen molar-refractivity contribution < 1.29 is 13.3 Å². The maximum absolute atomic E-state index is 5.93. The standard InChI is InChI=1S/C16H32O3SSi/c1-5-17-21(18-6-2,19-7-3)13-12-15-8-10-16(11-9-15)14(4)20/h15-16H,5-13H2,1-4H3. The predicted molar refractivity (Wildman–Crippen MR) is 93.8 cm³/mol. The van der Waals surface area contributed by atoms with Crippen LogP contribution in [0, 0.1) is 11.8 Å². The van der Waals surface area contributed by atoms with E-state index in [9.17, 15) is 0 Å². The van der Waals surface area contributed by atoms with Gasteiger partial charge in [0.25, 0.3) is 0 Å². The molecule has 0 aromatic heterocycles. The van der Waals surface area contributed by atoms with Gasteiger partial charge in [-0.1, -0.05) is 12.2 Å². The van der Waals surface area contributed by atoms with Crippen LogP contribution in [0.1, 0.15) is 59.8 Å². The lowest BCUT2D eigenvalue weighted by Crippen LogP contribution is -2.46. The molecule has 0 radical (unpaired) electrons. The highest BCUT2D eigenvalue weighted by Crippen LogP contribution is 2.34. The quantitative estimate of drug-likeness (QED) is 0.431. The lowest BCUT2D eigenvalue weighted by molar-refractivity contribution is 0.0688. The Morgan fingerprint density at radius 1 is 0.952 bits per heavy atom. The van der Waals surface area contributed by atoms with Crippen molar-refractivity contribution >= 4 is 25.9 Å². The van der Waals surface area contributed by atoms with Gasteiger partial charge >= 0.3 is 8.80 Å². The largest absolute Gasteiger partial charge is 0.500 e. The van der Waals surface area contributed by atoms with Crippen LogP contribution in [0.25, 0.3) is 0 Å². The van der Waals surface area contributed by atoms with Gasteiger partial charge in [-0.2, -0.15) is 0 Å². The predicted octanol–water partition coefficient (Wildman–Crippen LogP) is 4.62. The molecule has 0 atom stereocenters. The molecule has 1 rings (SSSR count). The molecule has 1 aliphatic rings. The van der Waals surface area contributed by atoms with Crippen molar-refractivity contribution in [2.45, 2.75) is 65.8 Å². The van der Waals surface area contributed by atoms with Crippen LogP contribution < -0.4 is 0 Å². The van der Waals surface area contributed by atoms with E-state index in [4.69, 9.17) is 25.5 Å². The molecule has 0 spiro atoms. The second-order valence-corrected chi connectivity index (χ2v) is 9.23. The maximum Gasteiger partial charge on any atom is 0.500 e. The third-order valence-electron chi connectivity index (χ3n) is 4.37. The van der Waals surface area contributed by atoms with E-state index in [1.807, 2.05) is 20.8 Å². The first-order chi connectivity index (χ1) is 10.1. The highest BCUT2D eigenvalue weighted by molar-refractivity contribution is 7.80. The van der Waals surface area contributed by atoms with Gasteiger partial charge in [0.05, 0.1) is 0 Å². The van der Waals surface area contributed by atoms with E-state index < -0.39 is 8.80 Å². The van der Waals surface area contributed by atoms with Gasteiger partial charge in [-0.25, -0.2) is 0 Å². The first-order valence-corrected chi connectivity index (χ1v) is 10.8. The Hall–Kier alpha value is 0.187. The second-order valence-electron chi connectivity index (χ2n) is 5.85. The maximum atomic E-state index is 5.93. The van der Waals surface area contributed by atoms with Crippen LogP contribution >= 0.6 is 12.2 Å². The molecule has 1 saturated carbocycles. The van der Waals surface area contributed by atoms with Gasteiger partial charge in [-0.05, 0) is 76.5 Å². The molecule has 124 valence electrons. The average molecular weight is 333 g/mol. The molecule has 0 aromatic rings. The van der Waals surface area contributed by atoms with Crippen molar-refractivity contribution in [1.82, 2.24) is 0 Å². The Balaban J connectivity index is 2.47. The molecular weight excluding hydrogens is 300 g/mol. The van der Waals surface area contributed by atoms with Crippen LogP contribution in [0.5, 0.6) is 0 Å². The first kappa shape index (κ1) is 19.2. The van der Waals surface area contributed by atoms with Gasteiger partial charge < -0.3 is 13.3 Å². The molecule has 3 nitrogen and oxygen atoms in total. The molecule has 0 unspecified atom stereocenters. The lowest BCUT2D eigenvalue weighted by atomic mass is 9.80. The van der Waals surface area contributed by atoms with E-state index in [0.717, 1.165) is 18.4 Å². The minimum Gasteiger partial charge on any atom is -0.374 e. The third-order valence-corrected chi connectivity index (χ3v) is 7.79. The van der Waals surface area contributed by atoms with E-state index in [1.54, 1.807) is 0 Å². The topological polar surface area (TPSA) is 27.7 Å². The van der Waals surface area contributed by atoms with E-state index in [1.165, 1.54) is 30.5 Å². The van der Waals surface area contributed by atoms with Crippen molar-refractivity contribution in [2.24, 2.45) is 11.8 Å². The summed E-state index contributed by atoms with van der Waals surface area (Å²) >= 11 is 5.33. The molecule has 0 saturated heterocycles. The van der Waals surface area contributed by atoms with E-state index in [-0.39, 0.29) is 0 Å². The average Bonchev–Trinajstić information content (AvgIpc) is 2.46. The van der Waals surface area contributed by atoms with Crippen LogP contribution in [0.2, 0.25) is 6.04 Å². The fourth-order valence-corrected chi connectivity index (χ4v) is 6.24. The lowest BCUT2D eigenvalue weighted by Gasteiger charge is -2.32. The normalized spacial score (nSPS) is 23.2. The van der Waals surface area contributed by atoms with Crippen LogP contribution in [0.4, 0.5) is 0 Å². The number of hydrogen-bond donors (Lipinski definition) is 0. The van der Waals surface area contributed by atoms with Crippen LogP contribution in [0.15, 0.2) is 0 Å². The minimum absolute atomic E-state index is 0.670. The fourth-order valence-electron chi connectivity index (χ4n) is 3.24. The smallest absolute Gasteiger partial charge is 0.374 e. The molecular formula is C16H32O3SSi. The molecule has 0 N–H and O–H groups in total. The van der Waals surface area contributed by atoms with Crippen LogP contribution in [-0.4, -0.2) is 33.5 Å². The van der Waals surface area contributed by atoms with E-state index in [0.29, 0.717) is 25.7 Å². The third kappa shape index (κ3) is 6.45. The summed E-state index contributed by atoms with van der Waals surface area (Å²) in [5.41, 5.74) is 0. The Bertz CT molecular complexity index is 287. The summed E-state index contributed by atoms with van der Waals surface area (Å²) in [6.07, 6.45) is 6.25. The SMILES string of the molecule is CCO[Si](CCC1CCC(C(C)=S)CC1)(OCC)OCC. The van der Waals surface area contributed by atoms with Crippen molar-refractivity contribution in [3.05, 3.63) is 0 Å². The molecule has 1 aliphatic carbocycles. The highest BCUT2D eigenvalue weighted by atomic mass is 32.1.